The number of aromatic nitrogens is 2. The summed E-state index contributed by atoms with van der Waals surface area (Å²) in [5, 5.41) is 10.5. The molecule has 0 bridgehead atoms. The minimum atomic E-state index is -0.434. The molecule has 1 atom stereocenters. The number of nitrogens with zero attached hydrogens (tertiary/aromatic N) is 5. The third-order valence-electron chi connectivity index (χ3n) is 5.60. The van der Waals surface area contributed by atoms with Crippen LogP contribution in [0.5, 0.6) is 0 Å². The van der Waals surface area contributed by atoms with Crippen molar-refractivity contribution < 1.29 is 9.18 Å². The number of benzene rings is 2. The molecule has 1 aromatic heterocycles. The third kappa shape index (κ3) is 4.58. The Morgan fingerprint density at radius 3 is 2.55 bits per heavy atom. The Balaban J connectivity index is 1.34. The molecule has 1 fully saturated rings. The van der Waals surface area contributed by atoms with E-state index in [4.69, 9.17) is 0 Å². The number of hydrogen-bond acceptors (Lipinski definition) is 5. The van der Waals surface area contributed by atoms with Gasteiger partial charge in [-0.3, -0.25) is 9.69 Å². The highest BCUT2D eigenvalue weighted by atomic mass is 32.2. The van der Waals surface area contributed by atoms with Crippen molar-refractivity contribution in [1.29, 1.82) is 5.26 Å². The first-order valence-electron chi connectivity index (χ1n) is 10.4. The number of nitriles is 1. The van der Waals surface area contributed by atoms with Crippen molar-refractivity contribution in [3.63, 3.8) is 0 Å². The van der Waals surface area contributed by atoms with Gasteiger partial charge in [0.2, 0.25) is 5.91 Å². The highest BCUT2D eigenvalue weighted by Crippen LogP contribution is 2.25. The number of halogens is 1. The number of carbonyl (C=O) groups is 1. The summed E-state index contributed by atoms with van der Waals surface area (Å²) in [4.78, 5) is 21.3. The van der Waals surface area contributed by atoms with Gasteiger partial charge in [0.1, 0.15) is 11.9 Å². The lowest BCUT2D eigenvalue weighted by Crippen LogP contribution is -2.50. The van der Waals surface area contributed by atoms with E-state index in [1.807, 2.05) is 34.1 Å². The second-order valence-electron chi connectivity index (χ2n) is 7.42. The van der Waals surface area contributed by atoms with Crippen LogP contribution in [0, 0.1) is 17.1 Å². The van der Waals surface area contributed by atoms with Crippen molar-refractivity contribution in [2.45, 2.75) is 24.7 Å². The Bertz CT molecular complexity index is 1100. The molecular formula is C23H24FN5OS. The van der Waals surface area contributed by atoms with Gasteiger partial charge in [-0.05, 0) is 36.8 Å². The topological polar surface area (TPSA) is 65.2 Å². The summed E-state index contributed by atoms with van der Waals surface area (Å²) in [6.45, 7) is 5.24. The van der Waals surface area contributed by atoms with Crippen molar-refractivity contribution in [2.75, 3.05) is 31.9 Å². The number of para-hydroxylation sites is 2. The normalized spacial score (nSPS) is 15.7. The van der Waals surface area contributed by atoms with E-state index < -0.39 is 6.04 Å². The Labute approximate surface area is 185 Å². The zero-order valence-corrected chi connectivity index (χ0v) is 18.2. The average molecular weight is 438 g/mol. The molecule has 8 heteroatoms. The number of aryl methyl sites for hydroxylation is 1. The van der Waals surface area contributed by atoms with Crippen molar-refractivity contribution in [3.8, 4) is 6.07 Å². The van der Waals surface area contributed by atoms with Crippen LogP contribution in [0.3, 0.4) is 0 Å². The van der Waals surface area contributed by atoms with Crippen LogP contribution in [0.1, 0.15) is 18.5 Å². The lowest BCUT2D eigenvalue weighted by molar-refractivity contribution is -0.130. The summed E-state index contributed by atoms with van der Waals surface area (Å²) < 4.78 is 15.3. The van der Waals surface area contributed by atoms with E-state index in [0.717, 1.165) is 28.3 Å². The van der Waals surface area contributed by atoms with Crippen LogP contribution < -0.4 is 0 Å². The van der Waals surface area contributed by atoms with Crippen LogP contribution in [0.4, 0.5) is 4.39 Å². The zero-order chi connectivity index (χ0) is 21.8. The molecule has 1 aliphatic rings. The summed E-state index contributed by atoms with van der Waals surface area (Å²) in [5.74, 6) is 0.0998. The summed E-state index contributed by atoms with van der Waals surface area (Å²) in [7, 11) is 0. The first-order valence-corrected chi connectivity index (χ1v) is 11.3. The van der Waals surface area contributed by atoms with Crippen molar-refractivity contribution in [2.24, 2.45) is 0 Å². The predicted octanol–water partition coefficient (Wildman–Crippen LogP) is 3.70. The number of hydrogen-bond donors (Lipinski definition) is 0. The molecule has 6 nitrogen and oxygen atoms in total. The summed E-state index contributed by atoms with van der Waals surface area (Å²) in [6.07, 6.45) is 0. The third-order valence-corrected chi connectivity index (χ3v) is 6.56. The molecule has 160 valence electrons. The van der Waals surface area contributed by atoms with E-state index in [9.17, 15) is 14.4 Å². The number of piperazine rings is 1. The van der Waals surface area contributed by atoms with Gasteiger partial charge in [0.05, 0.1) is 22.9 Å². The van der Waals surface area contributed by atoms with E-state index in [1.54, 1.807) is 12.1 Å². The van der Waals surface area contributed by atoms with Gasteiger partial charge in [0.25, 0.3) is 0 Å². The Morgan fingerprint density at radius 2 is 1.87 bits per heavy atom. The Hall–Kier alpha value is -2.89. The fraction of sp³-hybridized carbons (Fsp3) is 0.348. The maximum atomic E-state index is 13.2. The molecule has 3 aromatic rings. The van der Waals surface area contributed by atoms with Crippen molar-refractivity contribution in [3.05, 3.63) is 59.9 Å². The van der Waals surface area contributed by atoms with Crippen molar-refractivity contribution in [1.82, 2.24) is 19.4 Å². The monoisotopic (exact) mass is 437 g/mol. The maximum absolute atomic E-state index is 13.2. The van der Waals surface area contributed by atoms with Crippen molar-refractivity contribution >= 4 is 28.7 Å². The van der Waals surface area contributed by atoms with Gasteiger partial charge < -0.3 is 9.47 Å². The number of carbonyl (C=O) groups excluding carboxylic acids is 1. The van der Waals surface area contributed by atoms with E-state index in [2.05, 4.69) is 22.5 Å². The van der Waals surface area contributed by atoms with Gasteiger partial charge >= 0.3 is 0 Å². The van der Waals surface area contributed by atoms with Crippen LogP contribution in [0.15, 0.2) is 53.7 Å². The molecule has 0 radical (unpaired) electrons. The SMILES string of the molecule is CCn1c(SCC(=O)N2CCN(C(C#N)c3ccc(F)cc3)CC2)nc2ccccc21. The zero-order valence-electron chi connectivity index (χ0n) is 17.4. The Kier molecular flexibility index (Phi) is 6.54. The number of rotatable bonds is 6. The Morgan fingerprint density at radius 1 is 1.16 bits per heavy atom. The summed E-state index contributed by atoms with van der Waals surface area (Å²) in [6, 6.07) is 15.9. The van der Waals surface area contributed by atoms with Crippen LogP contribution in [0.25, 0.3) is 11.0 Å². The van der Waals surface area contributed by atoms with E-state index in [1.165, 1.54) is 23.9 Å². The van der Waals surface area contributed by atoms with Gasteiger partial charge in [-0.2, -0.15) is 5.26 Å². The minimum Gasteiger partial charge on any atom is -0.339 e. The van der Waals surface area contributed by atoms with E-state index in [-0.39, 0.29) is 11.7 Å². The first kappa shape index (κ1) is 21.3. The van der Waals surface area contributed by atoms with Gasteiger partial charge in [-0.15, -0.1) is 0 Å². The van der Waals surface area contributed by atoms with E-state index in [0.29, 0.717) is 31.9 Å². The molecular weight excluding hydrogens is 413 g/mol. The number of amides is 1. The number of imidazole rings is 1. The second kappa shape index (κ2) is 9.50. The molecule has 2 aromatic carbocycles. The molecule has 4 rings (SSSR count). The second-order valence-corrected chi connectivity index (χ2v) is 8.36. The first-order chi connectivity index (χ1) is 15.1. The van der Waals surface area contributed by atoms with Crippen LogP contribution in [-0.4, -0.2) is 57.2 Å². The maximum Gasteiger partial charge on any atom is 0.233 e. The highest BCUT2D eigenvalue weighted by Gasteiger charge is 2.27. The fourth-order valence-corrected chi connectivity index (χ4v) is 4.91. The van der Waals surface area contributed by atoms with Crippen LogP contribution in [-0.2, 0) is 11.3 Å². The van der Waals surface area contributed by atoms with Gasteiger partial charge in [-0.25, -0.2) is 9.37 Å². The molecule has 0 aliphatic carbocycles. The smallest absolute Gasteiger partial charge is 0.233 e. The molecule has 31 heavy (non-hydrogen) atoms. The quantitative estimate of drug-likeness (QED) is 0.550. The van der Waals surface area contributed by atoms with E-state index >= 15 is 0 Å². The molecule has 1 unspecified atom stereocenters. The predicted molar refractivity (Wildman–Crippen MR) is 119 cm³/mol. The molecule has 0 spiro atoms. The largest absolute Gasteiger partial charge is 0.339 e. The van der Waals surface area contributed by atoms with Gasteiger partial charge in [0.15, 0.2) is 5.16 Å². The molecule has 1 aliphatic heterocycles. The van der Waals surface area contributed by atoms with Gasteiger partial charge in [-0.1, -0.05) is 36.0 Å². The summed E-state index contributed by atoms with van der Waals surface area (Å²) >= 11 is 1.47. The number of fused-ring (bicyclic) bond motifs is 1. The molecule has 1 amide bonds. The highest BCUT2D eigenvalue weighted by molar-refractivity contribution is 7.99. The van der Waals surface area contributed by atoms with Gasteiger partial charge in [0, 0.05) is 32.7 Å². The lowest BCUT2D eigenvalue weighted by atomic mass is 10.1. The summed E-state index contributed by atoms with van der Waals surface area (Å²) in [5.41, 5.74) is 2.80. The molecule has 2 heterocycles. The van der Waals surface area contributed by atoms with Crippen LogP contribution in [0.2, 0.25) is 0 Å². The standard InChI is InChI=1S/C23H24FN5OS/c1-2-29-20-6-4-3-5-19(20)26-23(29)31-16-22(30)28-13-11-27(12-14-28)21(15-25)17-7-9-18(24)10-8-17/h3-10,21H,2,11-14,16H2,1H3. The van der Waals surface area contributed by atoms with Crippen LogP contribution >= 0.6 is 11.8 Å². The lowest BCUT2D eigenvalue weighted by Gasteiger charge is -2.37. The average Bonchev–Trinajstić information content (AvgIpc) is 3.17. The minimum absolute atomic E-state index is 0.0784. The number of thioether (sulfide) groups is 1. The molecule has 1 saturated heterocycles. The fourth-order valence-electron chi connectivity index (χ4n) is 3.93. The molecule has 0 N–H and O–H groups in total. The molecule has 0 saturated carbocycles.